The zero-order valence-corrected chi connectivity index (χ0v) is 10.7. The van der Waals surface area contributed by atoms with Crippen molar-refractivity contribution in [2.75, 3.05) is 6.61 Å². The Labute approximate surface area is 103 Å². The minimum atomic E-state index is -0.432. The minimum absolute atomic E-state index is 0.0236. The molecular weight excluding hydrogens is 216 g/mol. The highest BCUT2D eigenvalue weighted by Crippen LogP contribution is 2.39. The van der Waals surface area contributed by atoms with Crippen molar-refractivity contribution in [1.82, 2.24) is 10.6 Å². The fraction of sp³-hybridized carbons (Fsp3) is 0.923. The van der Waals surface area contributed by atoms with Gasteiger partial charge in [-0.05, 0) is 38.5 Å². The summed E-state index contributed by atoms with van der Waals surface area (Å²) in [6, 6.07) is 0.214. The van der Waals surface area contributed by atoms with Crippen molar-refractivity contribution in [1.29, 1.82) is 0 Å². The van der Waals surface area contributed by atoms with E-state index in [4.69, 9.17) is 0 Å². The van der Waals surface area contributed by atoms with Gasteiger partial charge in [-0.2, -0.15) is 0 Å². The number of aliphatic hydroxyl groups is 1. The lowest BCUT2D eigenvalue weighted by Crippen LogP contribution is -2.55. The molecule has 2 aliphatic carbocycles. The third-order valence-corrected chi connectivity index (χ3v) is 4.15. The molecule has 0 radical (unpaired) electrons. The number of urea groups is 1. The molecule has 17 heavy (non-hydrogen) atoms. The maximum absolute atomic E-state index is 11.9. The highest BCUT2D eigenvalue weighted by Gasteiger charge is 2.42. The Balaban J connectivity index is 1.79. The first-order chi connectivity index (χ1) is 8.14. The predicted molar refractivity (Wildman–Crippen MR) is 66.8 cm³/mol. The smallest absolute Gasteiger partial charge is 0.315 e. The van der Waals surface area contributed by atoms with Crippen LogP contribution in [0.2, 0.25) is 0 Å². The van der Waals surface area contributed by atoms with Gasteiger partial charge >= 0.3 is 6.03 Å². The van der Waals surface area contributed by atoms with Gasteiger partial charge in [-0.25, -0.2) is 4.79 Å². The van der Waals surface area contributed by atoms with Crippen LogP contribution in [0, 0.1) is 5.92 Å². The molecule has 2 aliphatic rings. The van der Waals surface area contributed by atoms with Gasteiger partial charge in [0.15, 0.2) is 0 Å². The Morgan fingerprint density at radius 2 is 1.88 bits per heavy atom. The number of carbonyl (C=O) groups is 1. The predicted octanol–water partition coefficient (Wildman–Crippen LogP) is 1.78. The van der Waals surface area contributed by atoms with Crippen LogP contribution < -0.4 is 10.6 Å². The second-order valence-electron chi connectivity index (χ2n) is 5.78. The number of hydrogen-bond donors (Lipinski definition) is 3. The van der Waals surface area contributed by atoms with E-state index < -0.39 is 5.54 Å². The maximum atomic E-state index is 11.9. The van der Waals surface area contributed by atoms with Gasteiger partial charge in [-0.3, -0.25) is 0 Å². The number of nitrogens with one attached hydrogen (secondary N) is 2. The Kier molecular flexibility index (Phi) is 3.92. The second kappa shape index (κ2) is 5.25. The maximum Gasteiger partial charge on any atom is 0.315 e. The zero-order valence-electron chi connectivity index (χ0n) is 10.7. The third-order valence-electron chi connectivity index (χ3n) is 4.15. The summed E-state index contributed by atoms with van der Waals surface area (Å²) >= 11 is 0. The van der Waals surface area contributed by atoms with Crippen LogP contribution in [0.15, 0.2) is 0 Å². The molecule has 2 fully saturated rings. The van der Waals surface area contributed by atoms with Crippen molar-refractivity contribution in [2.24, 2.45) is 5.92 Å². The summed E-state index contributed by atoms with van der Waals surface area (Å²) in [5.41, 5.74) is -0.432. The first kappa shape index (κ1) is 12.7. The van der Waals surface area contributed by atoms with E-state index in [-0.39, 0.29) is 12.6 Å². The van der Waals surface area contributed by atoms with Crippen molar-refractivity contribution in [3.63, 3.8) is 0 Å². The van der Waals surface area contributed by atoms with Crippen LogP contribution in [0.1, 0.15) is 51.9 Å². The summed E-state index contributed by atoms with van der Waals surface area (Å²) in [6.45, 7) is 1.96. The molecule has 1 atom stereocenters. The van der Waals surface area contributed by atoms with Gasteiger partial charge in [0.25, 0.3) is 0 Å². The summed E-state index contributed by atoms with van der Waals surface area (Å²) < 4.78 is 0. The summed E-state index contributed by atoms with van der Waals surface area (Å²) in [7, 11) is 0. The average Bonchev–Trinajstić information content (AvgIpc) is 3.14. The summed E-state index contributed by atoms with van der Waals surface area (Å²) in [5, 5.41) is 15.4. The van der Waals surface area contributed by atoms with Crippen LogP contribution in [0.3, 0.4) is 0 Å². The second-order valence-corrected chi connectivity index (χ2v) is 5.78. The molecule has 4 nitrogen and oxygen atoms in total. The molecular formula is C13H24N2O2. The molecule has 0 heterocycles. The van der Waals surface area contributed by atoms with Crippen LogP contribution in [0.25, 0.3) is 0 Å². The molecule has 0 spiro atoms. The molecule has 2 saturated carbocycles. The lowest BCUT2D eigenvalue weighted by Gasteiger charge is -2.31. The Morgan fingerprint density at radius 3 is 2.41 bits per heavy atom. The summed E-state index contributed by atoms with van der Waals surface area (Å²) in [6.07, 6.45) is 8.12. The molecule has 2 amide bonds. The Morgan fingerprint density at radius 1 is 1.24 bits per heavy atom. The van der Waals surface area contributed by atoms with Crippen molar-refractivity contribution in [2.45, 2.75) is 63.5 Å². The number of carbonyl (C=O) groups excluding carboxylic acids is 1. The number of aliphatic hydroxyl groups excluding tert-OH is 1. The fourth-order valence-corrected chi connectivity index (χ4v) is 2.72. The molecule has 0 aromatic carbocycles. The largest absolute Gasteiger partial charge is 0.394 e. The Bertz CT molecular complexity index is 273. The van der Waals surface area contributed by atoms with Crippen LogP contribution >= 0.6 is 0 Å². The number of amides is 2. The quantitative estimate of drug-likeness (QED) is 0.701. The molecule has 98 valence electrons. The van der Waals surface area contributed by atoms with Crippen LogP contribution in [0.4, 0.5) is 4.79 Å². The number of hydrogen-bond acceptors (Lipinski definition) is 2. The Hall–Kier alpha value is -0.770. The van der Waals surface area contributed by atoms with Crippen molar-refractivity contribution in [3.05, 3.63) is 0 Å². The van der Waals surface area contributed by atoms with Crippen molar-refractivity contribution < 1.29 is 9.90 Å². The minimum Gasteiger partial charge on any atom is -0.394 e. The van der Waals surface area contributed by atoms with Gasteiger partial charge in [0.05, 0.1) is 12.1 Å². The van der Waals surface area contributed by atoms with E-state index in [2.05, 4.69) is 10.6 Å². The van der Waals surface area contributed by atoms with E-state index >= 15 is 0 Å². The molecule has 0 bridgehead atoms. The van der Waals surface area contributed by atoms with E-state index in [1.165, 1.54) is 19.3 Å². The first-order valence-electron chi connectivity index (χ1n) is 6.83. The normalized spacial score (nSPS) is 25.1. The van der Waals surface area contributed by atoms with Gasteiger partial charge in [0, 0.05) is 6.04 Å². The highest BCUT2D eigenvalue weighted by atomic mass is 16.3. The molecule has 1 unspecified atom stereocenters. The molecule has 0 aromatic rings. The van der Waals surface area contributed by atoms with Gasteiger partial charge < -0.3 is 15.7 Å². The van der Waals surface area contributed by atoms with E-state index in [9.17, 15) is 9.90 Å². The molecule has 0 saturated heterocycles. The molecule has 4 heteroatoms. The summed E-state index contributed by atoms with van der Waals surface area (Å²) in [5.74, 6) is 0.449. The number of rotatable bonds is 4. The van der Waals surface area contributed by atoms with Crippen molar-refractivity contribution >= 4 is 6.03 Å². The van der Waals surface area contributed by atoms with E-state index in [1.54, 1.807) is 0 Å². The van der Waals surface area contributed by atoms with Crippen LogP contribution in [-0.4, -0.2) is 29.3 Å². The lowest BCUT2D eigenvalue weighted by molar-refractivity contribution is 0.153. The van der Waals surface area contributed by atoms with Gasteiger partial charge in [0.1, 0.15) is 0 Å². The molecule has 0 aromatic heterocycles. The van der Waals surface area contributed by atoms with Gasteiger partial charge in [-0.15, -0.1) is 0 Å². The lowest BCUT2D eigenvalue weighted by atomic mass is 9.95. The summed E-state index contributed by atoms with van der Waals surface area (Å²) in [4.78, 5) is 11.9. The van der Waals surface area contributed by atoms with Crippen LogP contribution in [0.5, 0.6) is 0 Å². The zero-order chi connectivity index (χ0) is 12.3. The first-order valence-corrected chi connectivity index (χ1v) is 6.83. The average molecular weight is 240 g/mol. The molecule has 3 N–H and O–H groups in total. The van der Waals surface area contributed by atoms with Crippen molar-refractivity contribution in [3.8, 4) is 0 Å². The van der Waals surface area contributed by atoms with Gasteiger partial charge in [0.2, 0.25) is 0 Å². The fourth-order valence-electron chi connectivity index (χ4n) is 2.72. The SMILES string of the molecule is CC(CO)(NC(=O)NC1CCCCC1)C1CC1. The van der Waals surface area contributed by atoms with E-state index in [0.29, 0.717) is 12.0 Å². The molecule has 2 rings (SSSR count). The van der Waals surface area contributed by atoms with Crippen LogP contribution in [-0.2, 0) is 0 Å². The third kappa shape index (κ3) is 3.35. The van der Waals surface area contributed by atoms with E-state index in [0.717, 1.165) is 25.7 Å². The topological polar surface area (TPSA) is 61.4 Å². The van der Waals surface area contributed by atoms with E-state index in [1.807, 2.05) is 6.92 Å². The standard InChI is InChI=1S/C13H24N2O2/c1-13(9-16,10-7-8-10)15-12(17)14-11-5-3-2-4-6-11/h10-11,16H,2-9H2,1H3,(H2,14,15,17). The van der Waals surface area contributed by atoms with Gasteiger partial charge in [-0.1, -0.05) is 19.3 Å². The molecule has 0 aliphatic heterocycles. The highest BCUT2D eigenvalue weighted by molar-refractivity contribution is 5.75. The monoisotopic (exact) mass is 240 g/mol.